The highest BCUT2D eigenvalue weighted by Crippen LogP contribution is 2.17. The number of H-pyrrole nitrogens is 1. The van der Waals surface area contributed by atoms with Gasteiger partial charge in [0.15, 0.2) is 11.6 Å². The van der Waals surface area contributed by atoms with E-state index in [0.29, 0.717) is 11.3 Å². The maximum absolute atomic E-state index is 12.9. The van der Waals surface area contributed by atoms with Gasteiger partial charge in [-0.15, -0.1) is 0 Å². The Hall–Kier alpha value is -2.04. The second-order valence-corrected chi connectivity index (χ2v) is 2.93. The number of hydrogen-bond donors (Lipinski definition) is 1. The molecule has 0 radical (unpaired) electrons. The van der Waals surface area contributed by atoms with Crippen LogP contribution in [0, 0.1) is 11.6 Å². The molecule has 0 aliphatic carbocycles. The maximum Gasteiger partial charge on any atom is 0.251 e. The molecule has 0 saturated heterocycles. The Kier molecular flexibility index (Phi) is 2.29. The molecule has 76 valence electrons. The molecule has 0 aliphatic rings. The highest BCUT2D eigenvalue weighted by Gasteiger charge is 2.05. The zero-order valence-corrected chi connectivity index (χ0v) is 7.50. The molecular weight excluding hydrogens is 202 g/mol. The fourth-order valence-electron chi connectivity index (χ4n) is 1.18. The summed E-state index contributed by atoms with van der Waals surface area (Å²) < 4.78 is 25.5. The average molecular weight is 208 g/mol. The monoisotopic (exact) mass is 208 g/mol. The number of rotatable bonds is 1. The van der Waals surface area contributed by atoms with Crippen molar-refractivity contribution in [1.82, 2.24) is 9.97 Å². The van der Waals surface area contributed by atoms with Crippen molar-refractivity contribution in [3.63, 3.8) is 0 Å². The number of hydrogen-bond acceptors (Lipinski definition) is 2. The molecule has 1 N–H and O–H groups in total. The Morgan fingerprint density at radius 3 is 2.60 bits per heavy atom. The minimum absolute atomic E-state index is 0.303. The topological polar surface area (TPSA) is 45.8 Å². The molecule has 15 heavy (non-hydrogen) atoms. The Balaban J connectivity index is 2.55. The minimum atomic E-state index is -0.963. The molecule has 2 rings (SSSR count). The Labute approximate surface area is 83.4 Å². The van der Waals surface area contributed by atoms with Crippen LogP contribution in [0.4, 0.5) is 8.78 Å². The molecule has 1 aromatic heterocycles. The Bertz CT molecular complexity index is 551. The van der Waals surface area contributed by atoms with Gasteiger partial charge < -0.3 is 4.98 Å². The second-order valence-electron chi connectivity index (χ2n) is 2.93. The third-order valence-electron chi connectivity index (χ3n) is 1.89. The molecule has 0 fully saturated rings. The van der Waals surface area contributed by atoms with Gasteiger partial charge in [0.25, 0.3) is 5.56 Å². The molecule has 2 aromatic rings. The van der Waals surface area contributed by atoms with Gasteiger partial charge in [-0.1, -0.05) is 0 Å². The van der Waals surface area contributed by atoms with Crippen molar-refractivity contribution in [2.45, 2.75) is 0 Å². The Morgan fingerprint density at radius 2 is 1.93 bits per heavy atom. The highest BCUT2D eigenvalue weighted by molar-refractivity contribution is 5.58. The van der Waals surface area contributed by atoms with Crippen LogP contribution in [0.5, 0.6) is 0 Å². The van der Waals surface area contributed by atoms with Gasteiger partial charge in [0, 0.05) is 11.6 Å². The van der Waals surface area contributed by atoms with Crippen LogP contribution < -0.4 is 5.56 Å². The maximum atomic E-state index is 12.9. The van der Waals surface area contributed by atoms with E-state index in [1.165, 1.54) is 18.5 Å². The highest BCUT2D eigenvalue weighted by atomic mass is 19.2. The van der Waals surface area contributed by atoms with Gasteiger partial charge in [-0.2, -0.15) is 0 Å². The van der Waals surface area contributed by atoms with Crippen molar-refractivity contribution in [1.29, 1.82) is 0 Å². The number of nitrogens with one attached hydrogen (secondary N) is 1. The number of benzene rings is 1. The van der Waals surface area contributed by atoms with Crippen LogP contribution in [-0.4, -0.2) is 9.97 Å². The predicted molar refractivity (Wildman–Crippen MR) is 50.2 cm³/mol. The van der Waals surface area contributed by atoms with Crippen LogP contribution in [0.15, 0.2) is 35.4 Å². The van der Waals surface area contributed by atoms with Crippen molar-refractivity contribution in [2.24, 2.45) is 0 Å². The van der Waals surface area contributed by atoms with Crippen molar-refractivity contribution < 1.29 is 8.78 Å². The molecule has 0 unspecified atom stereocenters. The normalized spacial score (nSPS) is 10.3. The molecule has 0 amide bonds. The number of aromatic nitrogens is 2. The van der Waals surface area contributed by atoms with Crippen LogP contribution in [0.25, 0.3) is 11.3 Å². The van der Waals surface area contributed by atoms with Gasteiger partial charge in [0.2, 0.25) is 0 Å². The first-order valence-electron chi connectivity index (χ1n) is 4.17. The van der Waals surface area contributed by atoms with E-state index in [1.54, 1.807) is 0 Å². The van der Waals surface area contributed by atoms with E-state index in [2.05, 4.69) is 9.97 Å². The molecule has 0 aliphatic heterocycles. The average Bonchev–Trinajstić information content (AvgIpc) is 2.22. The molecule has 0 spiro atoms. The molecular formula is C10H6F2N2O. The van der Waals surface area contributed by atoms with E-state index in [0.717, 1.165) is 12.1 Å². The van der Waals surface area contributed by atoms with E-state index in [-0.39, 0.29) is 5.56 Å². The van der Waals surface area contributed by atoms with Crippen LogP contribution in [0.1, 0.15) is 0 Å². The minimum Gasteiger partial charge on any atom is -0.313 e. The molecule has 0 bridgehead atoms. The van der Waals surface area contributed by atoms with Gasteiger partial charge >= 0.3 is 0 Å². The lowest BCUT2D eigenvalue weighted by molar-refractivity contribution is 0.509. The van der Waals surface area contributed by atoms with Gasteiger partial charge in [0.1, 0.15) is 0 Å². The lowest BCUT2D eigenvalue weighted by atomic mass is 10.1. The van der Waals surface area contributed by atoms with Crippen molar-refractivity contribution >= 4 is 0 Å². The molecule has 3 nitrogen and oxygen atoms in total. The molecule has 0 atom stereocenters. The largest absolute Gasteiger partial charge is 0.313 e. The summed E-state index contributed by atoms with van der Waals surface area (Å²) in [6.45, 7) is 0. The van der Waals surface area contributed by atoms with E-state index < -0.39 is 11.6 Å². The molecule has 1 aromatic carbocycles. The van der Waals surface area contributed by atoms with Gasteiger partial charge in [-0.05, 0) is 18.2 Å². The molecule has 5 heteroatoms. The van der Waals surface area contributed by atoms with Crippen LogP contribution in [0.2, 0.25) is 0 Å². The summed E-state index contributed by atoms with van der Waals surface area (Å²) in [4.78, 5) is 17.1. The summed E-state index contributed by atoms with van der Waals surface area (Å²) in [6.07, 6.45) is 1.21. The predicted octanol–water partition coefficient (Wildman–Crippen LogP) is 1.72. The van der Waals surface area contributed by atoms with Crippen LogP contribution >= 0.6 is 0 Å². The lowest BCUT2D eigenvalue weighted by Gasteiger charge is -1.99. The van der Waals surface area contributed by atoms with Crippen molar-refractivity contribution in [2.75, 3.05) is 0 Å². The molecule has 0 saturated carbocycles. The van der Waals surface area contributed by atoms with Crippen molar-refractivity contribution in [3.8, 4) is 11.3 Å². The summed E-state index contributed by atoms with van der Waals surface area (Å²) >= 11 is 0. The standard InChI is InChI=1S/C10H6F2N2O/c11-7-2-1-6(3-8(7)12)9-4-10(15)14-5-13-9/h1-5H,(H,13,14,15). The summed E-state index contributed by atoms with van der Waals surface area (Å²) in [6, 6.07) is 4.57. The third-order valence-corrected chi connectivity index (χ3v) is 1.89. The van der Waals surface area contributed by atoms with Crippen LogP contribution in [-0.2, 0) is 0 Å². The first-order chi connectivity index (χ1) is 7.16. The second kappa shape index (κ2) is 3.61. The van der Waals surface area contributed by atoms with E-state index in [4.69, 9.17) is 0 Å². The summed E-state index contributed by atoms with van der Waals surface area (Å²) in [7, 11) is 0. The fraction of sp³-hybridized carbons (Fsp3) is 0. The van der Waals surface area contributed by atoms with Gasteiger partial charge in [0.05, 0.1) is 12.0 Å². The third kappa shape index (κ3) is 1.90. The summed E-state index contributed by atoms with van der Waals surface area (Å²) in [5.74, 6) is -1.89. The summed E-state index contributed by atoms with van der Waals surface area (Å²) in [5.41, 5.74) is 0.322. The van der Waals surface area contributed by atoms with Gasteiger partial charge in [-0.3, -0.25) is 4.79 Å². The first-order valence-corrected chi connectivity index (χ1v) is 4.17. The fourth-order valence-corrected chi connectivity index (χ4v) is 1.18. The van der Waals surface area contributed by atoms with Crippen molar-refractivity contribution in [3.05, 3.63) is 52.6 Å². The zero-order chi connectivity index (χ0) is 10.8. The lowest BCUT2D eigenvalue weighted by Crippen LogP contribution is -2.04. The number of halogens is 2. The quantitative estimate of drug-likeness (QED) is 0.775. The SMILES string of the molecule is O=c1cc(-c2ccc(F)c(F)c2)nc[nH]1. The van der Waals surface area contributed by atoms with E-state index >= 15 is 0 Å². The Morgan fingerprint density at radius 1 is 1.13 bits per heavy atom. The smallest absolute Gasteiger partial charge is 0.251 e. The number of nitrogens with zero attached hydrogens (tertiary/aromatic N) is 1. The first kappa shape index (κ1) is 9.51. The van der Waals surface area contributed by atoms with Crippen LogP contribution in [0.3, 0.4) is 0 Å². The summed E-state index contributed by atoms with van der Waals surface area (Å²) in [5, 5.41) is 0. The van der Waals surface area contributed by atoms with E-state index in [9.17, 15) is 13.6 Å². The van der Waals surface area contributed by atoms with Gasteiger partial charge in [-0.25, -0.2) is 13.8 Å². The van der Waals surface area contributed by atoms with E-state index in [1.807, 2.05) is 0 Å². The molecule has 1 heterocycles. The number of aromatic amines is 1. The zero-order valence-electron chi connectivity index (χ0n) is 7.50.